The molecule has 0 bridgehead atoms. The van der Waals surface area contributed by atoms with E-state index in [0.29, 0.717) is 5.92 Å². The Bertz CT molecular complexity index is 729. The number of benzene rings is 1. The summed E-state index contributed by atoms with van der Waals surface area (Å²) in [6, 6.07) is 9.88. The molecule has 0 saturated heterocycles. The number of fused-ring (bicyclic) bond motifs is 1. The summed E-state index contributed by atoms with van der Waals surface area (Å²) in [6.07, 6.45) is 3.58. The Morgan fingerprint density at radius 2 is 1.90 bits per heavy atom. The summed E-state index contributed by atoms with van der Waals surface area (Å²) >= 11 is 0. The zero-order valence-electron chi connectivity index (χ0n) is 11.6. The Kier molecular flexibility index (Phi) is 3.24. The summed E-state index contributed by atoms with van der Waals surface area (Å²) in [5, 5.41) is 9.15. The number of hydrogen-bond acceptors (Lipinski definition) is 3. The van der Waals surface area contributed by atoms with E-state index in [0.717, 1.165) is 28.1 Å². The average Bonchev–Trinajstić information content (AvgIpc) is 2.87. The molecule has 0 radical (unpaired) electrons. The van der Waals surface area contributed by atoms with E-state index in [1.54, 1.807) is 12.4 Å². The molecule has 0 aliphatic heterocycles. The number of nitrogens with zero attached hydrogens (tertiary/aromatic N) is 3. The quantitative estimate of drug-likeness (QED) is 0.793. The third-order valence-corrected chi connectivity index (χ3v) is 3.38. The first-order valence-electron chi connectivity index (χ1n) is 6.73. The molecule has 102 valence electrons. The fourth-order valence-corrected chi connectivity index (χ4v) is 2.36. The molecule has 1 N–H and O–H groups in total. The fourth-order valence-electron chi connectivity index (χ4n) is 2.36. The van der Waals surface area contributed by atoms with Crippen molar-refractivity contribution in [3.05, 3.63) is 54.1 Å². The van der Waals surface area contributed by atoms with Crippen molar-refractivity contribution in [3.63, 3.8) is 0 Å². The summed E-state index contributed by atoms with van der Waals surface area (Å²) in [5.74, 6) is 1.34. The van der Waals surface area contributed by atoms with E-state index >= 15 is 0 Å². The first-order valence-corrected chi connectivity index (χ1v) is 6.73. The second-order valence-electron chi connectivity index (χ2n) is 5.15. The monoisotopic (exact) mass is 267 g/mol. The predicted molar refractivity (Wildman–Crippen MR) is 78.9 cm³/mol. The van der Waals surface area contributed by atoms with Gasteiger partial charge in [0.1, 0.15) is 11.3 Å². The van der Waals surface area contributed by atoms with Crippen LogP contribution in [0.25, 0.3) is 16.7 Å². The minimum Gasteiger partial charge on any atom is -0.392 e. The molecule has 1 aromatic carbocycles. The molecule has 0 unspecified atom stereocenters. The minimum absolute atomic E-state index is 0.0614. The highest BCUT2D eigenvalue weighted by Gasteiger charge is 2.14. The van der Waals surface area contributed by atoms with E-state index in [-0.39, 0.29) is 6.61 Å². The zero-order chi connectivity index (χ0) is 14.1. The van der Waals surface area contributed by atoms with E-state index in [2.05, 4.69) is 28.4 Å². The Morgan fingerprint density at radius 1 is 1.15 bits per heavy atom. The number of aliphatic hydroxyl groups excluding tert-OH is 1. The molecule has 0 amide bonds. The molecule has 0 atom stereocenters. The number of aliphatic hydroxyl groups is 1. The molecule has 4 nitrogen and oxygen atoms in total. The van der Waals surface area contributed by atoms with Crippen molar-refractivity contribution in [3.8, 4) is 5.69 Å². The molecule has 0 spiro atoms. The van der Waals surface area contributed by atoms with E-state index in [4.69, 9.17) is 5.11 Å². The van der Waals surface area contributed by atoms with Gasteiger partial charge in [-0.2, -0.15) is 0 Å². The second kappa shape index (κ2) is 5.06. The van der Waals surface area contributed by atoms with Crippen molar-refractivity contribution >= 4 is 11.0 Å². The van der Waals surface area contributed by atoms with Gasteiger partial charge in [0.05, 0.1) is 18.3 Å². The maximum absolute atomic E-state index is 9.15. The van der Waals surface area contributed by atoms with Gasteiger partial charge in [0.2, 0.25) is 0 Å². The van der Waals surface area contributed by atoms with Gasteiger partial charge in [-0.1, -0.05) is 26.0 Å². The summed E-state index contributed by atoms with van der Waals surface area (Å²) in [6.45, 7) is 4.33. The van der Waals surface area contributed by atoms with E-state index in [1.165, 1.54) is 0 Å². The van der Waals surface area contributed by atoms with Gasteiger partial charge in [-0.15, -0.1) is 0 Å². The van der Waals surface area contributed by atoms with Crippen molar-refractivity contribution < 1.29 is 5.11 Å². The molecular weight excluding hydrogens is 250 g/mol. The number of aromatic nitrogens is 3. The topological polar surface area (TPSA) is 50.9 Å². The Morgan fingerprint density at radius 3 is 2.55 bits per heavy atom. The Balaban J connectivity index is 2.24. The number of hydrogen-bond donors (Lipinski definition) is 1. The molecular formula is C16H17N3O. The summed E-state index contributed by atoms with van der Waals surface area (Å²) in [5.41, 5.74) is 3.92. The molecule has 3 rings (SSSR count). The molecule has 0 saturated carbocycles. The standard InChI is InChI=1S/C16H17N3O/c1-11(2)16-18-14-9-17-8-7-15(14)19(16)13-5-3-12(10-20)4-6-13/h3-9,11,20H,10H2,1-2H3. The van der Waals surface area contributed by atoms with Crippen LogP contribution in [0, 0.1) is 0 Å². The number of pyridine rings is 1. The SMILES string of the molecule is CC(C)c1nc2cnccc2n1-c1ccc(CO)cc1. The maximum atomic E-state index is 9.15. The fraction of sp³-hybridized carbons (Fsp3) is 0.250. The minimum atomic E-state index is 0.0614. The number of imidazole rings is 1. The van der Waals surface area contributed by atoms with Crippen molar-refractivity contribution in [1.29, 1.82) is 0 Å². The van der Waals surface area contributed by atoms with Gasteiger partial charge in [-0.3, -0.25) is 9.55 Å². The molecule has 0 aliphatic rings. The van der Waals surface area contributed by atoms with Crippen molar-refractivity contribution in [2.75, 3.05) is 0 Å². The first kappa shape index (κ1) is 12.8. The van der Waals surface area contributed by atoms with E-state index in [1.807, 2.05) is 30.3 Å². The largest absolute Gasteiger partial charge is 0.392 e. The van der Waals surface area contributed by atoms with Gasteiger partial charge in [0, 0.05) is 17.8 Å². The van der Waals surface area contributed by atoms with Crippen molar-refractivity contribution in [2.24, 2.45) is 0 Å². The molecule has 0 aliphatic carbocycles. The summed E-state index contributed by atoms with van der Waals surface area (Å²) < 4.78 is 2.16. The smallest absolute Gasteiger partial charge is 0.117 e. The van der Waals surface area contributed by atoms with Gasteiger partial charge in [-0.25, -0.2) is 4.98 Å². The maximum Gasteiger partial charge on any atom is 0.117 e. The van der Waals surface area contributed by atoms with E-state index in [9.17, 15) is 0 Å². The van der Waals surface area contributed by atoms with Gasteiger partial charge in [-0.05, 0) is 23.8 Å². The molecule has 20 heavy (non-hydrogen) atoms. The summed E-state index contributed by atoms with van der Waals surface area (Å²) in [7, 11) is 0. The van der Waals surface area contributed by atoms with Crippen LogP contribution in [0.1, 0.15) is 31.2 Å². The average molecular weight is 267 g/mol. The van der Waals surface area contributed by atoms with Gasteiger partial charge in [0.15, 0.2) is 0 Å². The van der Waals surface area contributed by atoms with Crippen molar-refractivity contribution in [1.82, 2.24) is 14.5 Å². The Hall–Kier alpha value is -2.20. The van der Waals surface area contributed by atoms with Crippen LogP contribution >= 0.6 is 0 Å². The highest BCUT2D eigenvalue weighted by atomic mass is 16.3. The molecule has 3 aromatic rings. The first-order chi connectivity index (χ1) is 9.70. The highest BCUT2D eigenvalue weighted by molar-refractivity contribution is 5.77. The lowest BCUT2D eigenvalue weighted by Gasteiger charge is -2.12. The van der Waals surface area contributed by atoms with Crippen LogP contribution < -0.4 is 0 Å². The normalized spacial score (nSPS) is 11.4. The lowest BCUT2D eigenvalue weighted by molar-refractivity contribution is 0.282. The van der Waals surface area contributed by atoms with Crippen LogP contribution in [-0.2, 0) is 6.61 Å². The van der Waals surface area contributed by atoms with Crippen LogP contribution in [0.3, 0.4) is 0 Å². The predicted octanol–water partition coefficient (Wildman–Crippen LogP) is 3.04. The van der Waals surface area contributed by atoms with Crippen LogP contribution in [-0.4, -0.2) is 19.6 Å². The molecule has 2 aromatic heterocycles. The van der Waals surface area contributed by atoms with E-state index < -0.39 is 0 Å². The number of rotatable bonds is 3. The van der Waals surface area contributed by atoms with Gasteiger partial charge < -0.3 is 5.11 Å². The van der Waals surface area contributed by atoms with Crippen LogP contribution in [0.15, 0.2) is 42.7 Å². The van der Waals surface area contributed by atoms with Crippen LogP contribution in [0.5, 0.6) is 0 Å². The molecule has 0 fully saturated rings. The third-order valence-electron chi connectivity index (χ3n) is 3.38. The van der Waals surface area contributed by atoms with Crippen LogP contribution in [0.2, 0.25) is 0 Å². The highest BCUT2D eigenvalue weighted by Crippen LogP contribution is 2.25. The second-order valence-corrected chi connectivity index (χ2v) is 5.15. The van der Waals surface area contributed by atoms with Crippen LogP contribution in [0.4, 0.5) is 0 Å². The third kappa shape index (κ3) is 2.08. The lowest BCUT2D eigenvalue weighted by Crippen LogP contribution is -2.03. The molecule has 4 heteroatoms. The lowest BCUT2D eigenvalue weighted by atomic mass is 10.2. The zero-order valence-corrected chi connectivity index (χ0v) is 11.6. The van der Waals surface area contributed by atoms with Gasteiger partial charge >= 0.3 is 0 Å². The Labute approximate surface area is 117 Å². The summed E-state index contributed by atoms with van der Waals surface area (Å²) in [4.78, 5) is 8.82. The van der Waals surface area contributed by atoms with Gasteiger partial charge in [0.25, 0.3) is 0 Å². The molecule has 2 heterocycles. The van der Waals surface area contributed by atoms with Crippen molar-refractivity contribution in [2.45, 2.75) is 26.4 Å².